The molecular formula is C25H24N4O6. The summed E-state index contributed by atoms with van der Waals surface area (Å²) in [4.78, 5) is 33.6. The monoisotopic (exact) mass is 476 g/mol. The summed E-state index contributed by atoms with van der Waals surface area (Å²) in [5, 5.41) is 13.8. The molecule has 180 valence electrons. The van der Waals surface area contributed by atoms with Crippen LogP contribution >= 0.6 is 0 Å². The molecular weight excluding hydrogens is 452 g/mol. The fourth-order valence-electron chi connectivity index (χ4n) is 3.43. The highest BCUT2D eigenvalue weighted by atomic mass is 16.6. The Balaban J connectivity index is 1.65. The van der Waals surface area contributed by atoms with E-state index in [1.807, 2.05) is 38.1 Å². The Morgan fingerprint density at radius 2 is 2.11 bits per heavy atom. The van der Waals surface area contributed by atoms with Crippen molar-refractivity contribution in [2.24, 2.45) is 4.99 Å². The minimum atomic E-state index is -1.06. The van der Waals surface area contributed by atoms with Gasteiger partial charge >= 0.3 is 12.4 Å². The summed E-state index contributed by atoms with van der Waals surface area (Å²) < 4.78 is 16.0. The number of likely N-dealkylation sites (N-methyl/N-ethyl adjacent to an activating group) is 1. The minimum absolute atomic E-state index is 0.00660. The Bertz CT molecular complexity index is 1330. The lowest BCUT2D eigenvalue weighted by Gasteiger charge is -2.13. The number of rotatable bonds is 9. The highest BCUT2D eigenvalue weighted by Gasteiger charge is 2.28. The standard InChI is InChI=1S/C25H24N4O6/c1-15-11-17(33-10-9-29(2)3)6-7-19(15)28-24-21(25(32)34-14-30)22(31)20(35-24)12-16-13-27-23-18(16)5-4-8-26-23/h4-8,11-14,28,31H,9-10H2,1-3H3. The number of allylic oxidation sites excluding steroid dienone is 1. The molecule has 10 heteroatoms. The first kappa shape index (κ1) is 23.7. The van der Waals surface area contributed by atoms with Gasteiger partial charge in [0, 0.05) is 35.8 Å². The maximum absolute atomic E-state index is 12.4. The second-order valence-electron chi connectivity index (χ2n) is 8.01. The normalized spacial score (nSPS) is 13.2. The third-order valence-electron chi connectivity index (χ3n) is 5.23. The number of nitrogens with zero attached hydrogens (tertiary/aromatic N) is 3. The number of benzene rings is 1. The van der Waals surface area contributed by atoms with E-state index in [-0.39, 0.29) is 23.7 Å². The minimum Gasteiger partial charge on any atom is -0.504 e. The second-order valence-corrected chi connectivity index (χ2v) is 8.01. The van der Waals surface area contributed by atoms with Crippen molar-refractivity contribution in [2.45, 2.75) is 6.92 Å². The molecule has 0 radical (unpaired) electrons. The van der Waals surface area contributed by atoms with Gasteiger partial charge in [-0.3, -0.25) is 4.79 Å². The second kappa shape index (κ2) is 10.2. The molecule has 3 heterocycles. The highest BCUT2D eigenvalue weighted by molar-refractivity contribution is 6.21. The zero-order chi connectivity index (χ0) is 24.9. The lowest BCUT2D eigenvalue weighted by Crippen LogP contribution is -2.19. The molecule has 35 heavy (non-hydrogen) atoms. The summed E-state index contributed by atoms with van der Waals surface area (Å²) in [6.45, 7) is 3.16. The molecule has 0 saturated heterocycles. The molecule has 0 saturated carbocycles. The summed E-state index contributed by atoms with van der Waals surface area (Å²) in [6.07, 6.45) is 4.74. The number of hydrogen-bond donors (Lipinski definition) is 2. The van der Waals surface area contributed by atoms with Crippen molar-refractivity contribution in [1.82, 2.24) is 9.88 Å². The van der Waals surface area contributed by atoms with Crippen molar-refractivity contribution in [3.05, 3.63) is 59.0 Å². The number of hydrogen-bond acceptors (Lipinski definition) is 10. The van der Waals surface area contributed by atoms with Crippen molar-refractivity contribution < 1.29 is 28.6 Å². The van der Waals surface area contributed by atoms with E-state index in [1.165, 1.54) is 6.08 Å². The van der Waals surface area contributed by atoms with E-state index in [0.717, 1.165) is 17.7 Å². The number of ether oxygens (including phenoxy) is 2. The highest BCUT2D eigenvalue weighted by Crippen LogP contribution is 2.40. The topological polar surface area (TPSA) is 126 Å². The van der Waals surface area contributed by atoms with Gasteiger partial charge in [-0.2, -0.15) is 0 Å². The summed E-state index contributed by atoms with van der Waals surface area (Å²) in [5.41, 5.74) is 2.48. The number of aromatic nitrogens is 1. The fraction of sp³-hybridized carbons (Fsp3) is 0.200. The summed E-state index contributed by atoms with van der Waals surface area (Å²) in [6, 6.07) is 8.97. The number of furan rings is 1. The van der Waals surface area contributed by atoms with Crippen LogP contribution in [0.4, 0.5) is 17.4 Å². The molecule has 1 aromatic carbocycles. The number of fused-ring (bicyclic) bond motifs is 1. The van der Waals surface area contributed by atoms with Gasteiger partial charge in [-0.05, 0) is 63.0 Å². The van der Waals surface area contributed by atoms with Crippen LogP contribution in [0.2, 0.25) is 0 Å². The van der Waals surface area contributed by atoms with Crippen LogP contribution in [0.5, 0.6) is 11.5 Å². The molecule has 0 atom stereocenters. The van der Waals surface area contributed by atoms with Crippen LogP contribution in [0.3, 0.4) is 0 Å². The molecule has 0 bridgehead atoms. The van der Waals surface area contributed by atoms with Gasteiger partial charge < -0.3 is 29.2 Å². The molecule has 2 N–H and O–H groups in total. The molecule has 0 fully saturated rings. The molecule has 0 amide bonds. The number of esters is 1. The van der Waals surface area contributed by atoms with E-state index in [0.29, 0.717) is 29.4 Å². The van der Waals surface area contributed by atoms with Crippen LogP contribution in [-0.2, 0) is 9.53 Å². The zero-order valence-electron chi connectivity index (χ0n) is 19.4. The third kappa shape index (κ3) is 5.22. The van der Waals surface area contributed by atoms with Crippen LogP contribution in [0.25, 0.3) is 11.6 Å². The van der Waals surface area contributed by atoms with Crippen molar-refractivity contribution >= 4 is 47.7 Å². The van der Waals surface area contributed by atoms with Gasteiger partial charge in [-0.1, -0.05) is 0 Å². The van der Waals surface area contributed by atoms with Gasteiger partial charge in [-0.15, -0.1) is 0 Å². The Labute approximate surface area is 201 Å². The molecule has 0 spiro atoms. The number of carbonyl (C=O) groups is 2. The molecule has 0 unspecified atom stereocenters. The van der Waals surface area contributed by atoms with E-state index in [9.17, 15) is 14.7 Å². The van der Waals surface area contributed by atoms with E-state index in [1.54, 1.807) is 30.6 Å². The third-order valence-corrected chi connectivity index (χ3v) is 5.23. The number of aliphatic imine (C=N–C) groups is 1. The zero-order valence-corrected chi connectivity index (χ0v) is 19.4. The lowest BCUT2D eigenvalue weighted by atomic mass is 10.1. The van der Waals surface area contributed by atoms with Crippen molar-refractivity contribution in [1.29, 1.82) is 0 Å². The summed E-state index contributed by atoms with van der Waals surface area (Å²) >= 11 is 0. The summed E-state index contributed by atoms with van der Waals surface area (Å²) in [7, 11) is 3.93. The van der Waals surface area contributed by atoms with Gasteiger partial charge in [0.2, 0.25) is 5.88 Å². The maximum atomic E-state index is 12.4. The molecule has 2 aromatic heterocycles. The maximum Gasteiger partial charge on any atom is 0.355 e. The molecule has 4 rings (SSSR count). The fourth-order valence-corrected chi connectivity index (χ4v) is 3.43. The molecule has 3 aromatic rings. The Morgan fingerprint density at radius 1 is 1.29 bits per heavy atom. The van der Waals surface area contributed by atoms with Crippen LogP contribution in [0, 0.1) is 6.92 Å². The van der Waals surface area contributed by atoms with Crippen molar-refractivity contribution in [2.75, 3.05) is 32.6 Å². The van der Waals surface area contributed by atoms with E-state index in [2.05, 4.69) is 20.0 Å². The van der Waals surface area contributed by atoms with Gasteiger partial charge in [0.25, 0.3) is 0 Å². The quantitative estimate of drug-likeness (QED) is 0.268. The Hall–Kier alpha value is -4.44. The Kier molecular flexibility index (Phi) is 6.93. The van der Waals surface area contributed by atoms with Crippen LogP contribution in [0.15, 0.2) is 45.9 Å². The van der Waals surface area contributed by atoms with Gasteiger partial charge in [0.1, 0.15) is 12.4 Å². The molecule has 0 aliphatic carbocycles. The lowest BCUT2D eigenvalue weighted by molar-refractivity contribution is -0.123. The number of carbonyl (C=O) groups excluding carboxylic acids is 2. The van der Waals surface area contributed by atoms with E-state index >= 15 is 0 Å². The average Bonchev–Trinajstić information content (AvgIpc) is 3.36. The molecule has 1 aliphatic rings. The smallest absolute Gasteiger partial charge is 0.355 e. The van der Waals surface area contributed by atoms with Crippen LogP contribution < -0.4 is 10.1 Å². The van der Waals surface area contributed by atoms with Gasteiger partial charge in [-0.25, -0.2) is 14.8 Å². The first-order valence-corrected chi connectivity index (χ1v) is 10.7. The van der Waals surface area contributed by atoms with E-state index in [4.69, 9.17) is 9.15 Å². The molecule has 10 nitrogen and oxygen atoms in total. The SMILES string of the molecule is Cc1cc(OCCN(C)C)ccc1Nc1oc(C=C2C=Nc3ncccc32)c(O)c1C(=O)OC=O. The first-order chi connectivity index (χ1) is 16.9. The first-order valence-electron chi connectivity index (χ1n) is 10.7. The van der Waals surface area contributed by atoms with Gasteiger partial charge in [0.05, 0.1) is 0 Å². The van der Waals surface area contributed by atoms with E-state index < -0.39 is 11.7 Å². The number of anilines is 2. The molecule has 1 aliphatic heterocycles. The van der Waals surface area contributed by atoms with Crippen molar-refractivity contribution in [3.8, 4) is 11.5 Å². The average molecular weight is 476 g/mol. The van der Waals surface area contributed by atoms with Gasteiger partial charge in [0.15, 0.2) is 22.9 Å². The van der Waals surface area contributed by atoms with Crippen molar-refractivity contribution in [3.63, 3.8) is 0 Å². The Morgan fingerprint density at radius 3 is 2.86 bits per heavy atom. The number of pyridine rings is 1. The van der Waals surface area contributed by atoms with Crippen LogP contribution in [-0.4, -0.2) is 60.9 Å². The number of nitrogens with one attached hydrogen (secondary N) is 1. The number of aryl methyl sites for hydroxylation is 1. The predicted octanol–water partition coefficient (Wildman–Crippen LogP) is 3.94. The summed E-state index contributed by atoms with van der Waals surface area (Å²) in [5.74, 6) is -0.393. The predicted molar refractivity (Wildman–Crippen MR) is 131 cm³/mol. The largest absolute Gasteiger partial charge is 0.504 e. The number of aromatic hydroxyl groups is 1. The van der Waals surface area contributed by atoms with Crippen LogP contribution in [0.1, 0.15) is 27.2 Å².